The normalized spacial score (nSPS) is 20.3. The standard InChI is InChI=1S/C14H21N3O3S/c1-3-12-14(18)16-6-7-17(12)21(19,20)13-5-4-11(9-15)8-10(13)2/h4-5,8,12H,3,6-7,9,15H2,1-2H3,(H,16,18). The van der Waals surface area contributed by atoms with Crippen molar-refractivity contribution in [3.8, 4) is 0 Å². The Balaban J connectivity index is 2.43. The van der Waals surface area contributed by atoms with Gasteiger partial charge in [0.2, 0.25) is 15.9 Å². The van der Waals surface area contributed by atoms with Crippen LogP contribution in [-0.2, 0) is 21.4 Å². The van der Waals surface area contributed by atoms with Crippen LogP contribution in [0, 0.1) is 6.92 Å². The van der Waals surface area contributed by atoms with E-state index in [0.29, 0.717) is 31.6 Å². The molecule has 1 aromatic carbocycles. The van der Waals surface area contributed by atoms with E-state index in [1.807, 2.05) is 6.92 Å². The fourth-order valence-electron chi connectivity index (χ4n) is 2.62. The van der Waals surface area contributed by atoms with Gasteiger partial charge in [-0.2, -0.15) is 4.31 Å². The van der Waals surface area contributed by atoms with E-state index in [1.165, 1.54) is 4.31 Å². The van der Waals surface area contributed by atoms with Crippen LogP contribution < -0.4 is 11.1 Å². The Kier molecular flexibility index (Phi) is 4.65. The van der Waals surface area contributed by atoms with Crippen molar-refractivity contribution < 1.29 is 13.2 Å². The van der Waals surface area contributed by atoms with Gasteiger partial charge in [0.25, 0.3) is 0 Å². The van der Waals surface area contributed by atoms with Gasteiger partial charge in [0.05, 0.1) is 4.90 Å². The summed E-state index contributed by atoms with van der Waals surface area (Å²) in [5, 5.41) is 2.71. The number of nitrogens with zero attached hydrogens (tertiary/aromatic N) is 1. The Morgan fingerprint density at radius 1 is 1.43 bits per heavy atom. The molecule has 0 radical (unpaired) electrons. The summed E-state index contributed by atoms with van der Waals surface area (Å²) in [6.45, 7) is 4.56. The minimum absolute atomic E-state index is 0.233. The second-order valence-electron chi connectivity index (χ2n) is 5.13. The van der Waals surface area contributed by atoms with E-state index in [0.717, 1.165) is 5.56 Å². The van der Waals surface area contributed by atoms with Gasteiger partial charge in [-0.25, -0.2) is 8.42 Å². The molecule has 1 saturated heterocycles. The van der Waals surface area contributed by atoms with Crippen molar-refractivity contribution in [2.75, 3.05) is 13.1 Å². The van der Waals surface area contributed by atoms with Crippen molar-refractivity contribution in [1.29, 1.82) is 0 Å². The van der Waals surface area contributed by atoms with Gasteiger partial charge < -0.3 is 11.1 Å². The highest BCUT2D eigenvalue weighted by Crippen LogP contribution is 2.24. The maximum atomic E-state index is 12.8. The molecule has 1 aromatic rings. The highest BCUT2D eigenvalue weighted by Gasteiger charge is 2.37. The Labute approximate surface area is 125 Å². The number of nitrogens with two attached hydrogens (primary N) is 1. The van der Waals surface area contributed by atoms with E-state index in [1.54, 1.807) is 25.1 Å². The maximum absolute atomic E-state index is 12.8. The van der Waals surface area contributed by atoms with E-state index in [9.17, 15) is 13.2 Å². The number of carbonyl (C=O) groups is 1. The van der Waals surface area contributed by atoms with Gasteiger partial charge in [-0.3, -0.25) is 4.79 Å². The van der Waals surface area contributed by atoms with Crippen LogP contribution in [-0.4, -0.2) is 37.8 Å². The minimum Gasteiger partial charge on any atom is -0.353 e. The van der Waals surface area contributed by atoms with Gasteiger partial charge in [0.1, 0.15) is 6.04 Å². The summed E-state index contributed by atoms with van der Waals surface area (Å²) >= 11 is 0. The molecule has 1 amide bonds. The lowest BCUT2D eigenvalue weighted by molar-refractivity contribution is -0.126. The van der Waals surface area contributed by atoms with Crippen LogP contribution in [0.5, 0.6) is 0 Å². The molecule has 116 valence electrons. The van der Waals surface area contributed by atoms with Crippen LogP contribution in [0.4, 0.5) is 0 Å². The Hall–Kier alpha value is -1.44. The molecule has 1 heterocycles. The van der Waals surface area contributed by atoms with Gasteiger partial charge in [-0.05, 0) is 30.5 Å². The molecule has 3 N–H and O–H groups in total. The zero-order chi connectivity index (χ0) is 15.6. The summed E-state index contributed by atoms with van der Waals surface area (Å²) in [5.41, 5.74) is 7.11. The molecule has 0 saturated carbocycles. The first-order valence-electron chi connectivity index (χ1n) is 7.01. The molecule has 0 aromatic heterocycles. The number of hydrogen-bond acceptors (Lipinski definition) is 4. The third-order valence-electron chi connectivity index (χ3n) is 3.73. The van der Waals surface area contributed by atoms with Crippen LogP contribution in [0.15, 0.2) is 23.1 Å². The van der Waals surface area contributed by atoms with Gasteiger partial charge in [-0.1, -0.05) is 19.1 Å². The van der Waals surface area contributed by atoms with Gasteiger partial charge in [0.15, 0.2) is 0 Å². The summed E-state index contributed by atoms with van der Waals surface area (Å²) in [4.78, 5) is 12.1. The summed E-state index contributed by atoms with van der Waals surface area (Å²) in [6, 6.07) is 4.42. The van der Waals surface area contributed by atoms with Crippen molar-refractivity contribution in [3.05, 3.63) is 29.3 Å². The molecule has 1 unspecified atom stereocenters. The van der Waals surface area contributed by atoms with E-state index in [-0.39, 0.29) is 10.8 Å². The zero-order valence-corrected chi connectivity index (χ0v) is 13.1. The number of hydrogen-bond donors (Lipinski definition) is 2. The molecule has 1 aliphatic heterocycles. The third-order valence-corrected chi connectivity index (χ3v) is 5.80. The Morgan fingerprint density at radius 3 is 2.71 bits per heavy atom. The topological polar surface area (TPSA) is 92.5 Å². The lowest BCUT2D eigenvalue weighted by atomic mass is 10.1. The average molecular weight is 311 g/mol. The van der Waals surface area contributed by atoms with Gasteiger partial charge >= 0.3 is 0 Å². The third kappa shape index (κ3) is 2.95. The highest BCUT2D eigenvalue weighted by atomic mass is 32.2. The Morgan fingerprint density at radius 2 is 2.14 bits per heavy atom. The largest absolute Gasteiger partial charge is 0.353 e. The lowest BCUT2D eigenvalue weighted by Gasteiger charge is -2.33. The number of piperazine rings is 1. The minimum atomic E-state index is -3.68. The first kappa shape index (κ1) is 15.9. The number of aryl methyl sites for hydroxylation is 1. The van der Waals surface area contributed by atoms with Crippen molar-refractivity contribution in [2.45, 2.75) is 37.8 Å². The van der Waals surface area contributed by atoms with Gasteiger partial charge in [-0.15, -0.1) is 0 Å². The van der Waals surface area contributed by atoms with Crippen molar-refractivity contribution in [3.63, 3.8) is 0 Å². The first-order chi connectivity index (χ1) is 9.91. The molecular weight excluding hydrogens is 290 g/mol. The van der Waals surface area contributed by atoms with Crippen LogP contribution in [0.1, 0.15) is 24.5 Å². The summed E-state index contributed by atoms with van der Waals surface area (Å²) in [6.07, 6.45) is 0.449. The SMILES string of the molecule is CCC1C(=O)NCCN1S(=O)(=O)c1ccc(CN)cc1C. The Bertz CT molecular complexity index is 643. The number of carbonyl (C=O) groups excluding carboxylic acids is 1. The average Bonchev–Trinajstić information content (AvgIpc) is 2.46. The number of sulfonamides is 1. The van der Waals surface area contributed by atoms with Crippen LogP contribution in [0.2, 0.25) is 0 Å². The molecule has 0 spiro atoms. The number of benzene rings is 1. The second kappa shape index (κ2) is 6.13. The van der Waals surface area contributed by atoms with Crippen LogP contribution in [0.25, 0.3) is 0 Å². The van der Waals surface area contributed by atoms with Gasteiger partial charge in [0, 0.05) is 19.6 Å². The molecule has 0 aliphatic carbocycles. The summed E-state index contributed by atoms with van der Waals surface area (Å²) < 4.78 is 27.0. The maximum Gasteiger partial charge on any atom is 0.244 e. The molecule has 0 bridgehead atoms. The van der Waals surface area contributed by atoms with Crippen molar-refractivity contribution in [1.82, 2.24) is 9.62 Å². The number of rotatable bonds is 4. The molecule has 6 nitrogen and oxygen atoms in total. The monoisotopic (exact) mass is 311 g/mol. The van der Waals surface area contributed by atoms with Crippen molar-refractivity contribution >= 4 is 15.9 Å². The zero-order valence-electron chi connectivity index (χ0n) is 12.3. The number of nitrogens with one attached hydrogen (secondary N) is 1. The number of amides is 1. The predicted molar refractivity (Wildman–Crippen MR) is 80.1 cm³/mol. The summed E-state index contributed by atoms with van der Waals surface area (Å²) in [7, 11) is -3.68. The lowest BCUT2D eigenvalue weighted by Crippen LogP contribution is -2.56. The molecule has 1 atom stereocenters. The highest BCUT2D eigenvalue weighted by molar-refractivity contribution is 7.89. The molecular formula is C14H21N3O3S. The van der Waals surface area contributed by atoms with Crippen LogP contribution >= 0.6 is 0 Å². The van der Waals surface area contributed by atoms with E-state index in [4.69, 9.17) is 5.73 Å². The fraction of sp³-hybridized carbons (Fsp3) is 0.500. The molecule has 7 heteroatoms. The van der Waals surface area contributed by atoms with E-state index >= 15 is 0 Å². The van der Waals surface area contributed by atoms with E-state index in [2.05, 4.69) is 5.32 Å². The molecule has 1 fully saturated rings. The quantitative estimate of drug-likeness (QED) is 0.839. The molecule has 1 aliphatic rings. The van der Waals surface area contributed by atoms with Crippen LogP contribution in [0.3, 0.4) is 0 Å². The fourth-order valence-corrected chi connectivity index (χ4v) is 4.49. The molecule has 2 rings (SSSR count). The molecule has 21 heavy (non-hydrogen) atoms. The smallest absolute Gasteiger partial charge is 0.244 e. The van der Waals surface area contributed by atoms with Crippen molar-refractivity contribution in [2.24, 2.45) is 5.73 Å². The second-order valence-corrected chi connectivity index (χ2v) is 6.99. The van der Waals surface area contributed by atoms with E-state index < -0.39 is 16.1 Å². The first-order valence-corrected chi connectivity index (χ1v) is 8.45. The predicted octanol–water partition coefficient (Wildman–Crippen LogP) is 0.353. The summed E-state index contributed by atoms with van der Waals surface area (Å²) in [5.74, 6) is -0.233.